The first kappa shape index (κ1) is 14.6. The van der Waals surface area contributed by atoms with Crippen LogP contribution in [0.25, 0.3) is 0 Å². The standard InChI is InChI=1S/C18H24N2/c1-15-8-9-18(16(2)14-15)20-13-12-19-11-10-17-6-4-3-5-7-17/h3-9,14,19-20H,10-13H2,1-2H3. The number of hydrogen-bond donors (Lipinski definition) is 2. The SMILES string of the molecule is Cc1ccc(NCCNCCc2ccccc2)c(C)c1. The molecule has 2 heteroatoms. The lowest BCUT2D eigenvalue weighted by Crippen LogP contribution is -2.24. The van der Waals surface area contributed by atoms with Crippen molar-refractivity contribution in [3.05, 3.63) is 65.2 Å². The molecule has 0 atom stereocenters. The second-order valence-corrected chi connectivity index (χ2v) is 5.23. The van der Waals surface area contributed by atoms with Crippen LogP contribution in [0.5, 0.6) is 0 Å². The van der Waals surface area contributed by atoms with Crippen molar-refractivity contribution in [3.63, 3.8) is 0 Å². The Morgan fingerprint density at radius 3 is 2.40 bits per heavy atom. The summed E-state index contributed by atoms with van der Waals surface area (Å²) < 4.78 is 0. The summed E-state index contributed by atoms with van der Waals surface area (Å²) in [5, 5.41) is 6.95. The van der Waals surface area contributed by atoms with E-state index >= 15 is 0 Å². The lowest BCUT2D eigenvalue weighted by molar-refractivity contribution is 0.699. The van der Waals surface area contributed by atoms with Crippen LogP contribution >= 0.6 is 0 Å². The molecule has 0 aliphatic rings. The number of rotatable bonds is 7. The zero-order valence-electron chi connectivity index (χ0n) is 12.4. The van der Waals surface area contributed by atoms with Crippen molar-refractivity contribution in [1.82, 2.24) is 5.32 Å². The number of aryl methyl sites for hydroxylation is 2. The highest BCUT2D eigenvalue weighted by Gasteiger charge is 1.97. The summed E-state index contributed by atoms with van der Waals surface area (Å²) in [5.41, 5.74) is 5.26. The van der Waals surface area contributed by atoms with Gasteiger partial charge in [-0.15, -0.1) is 0 Å². The molecule has 2 nitrogen and oxygen atoms in total. The fraction of sp³-hybridized carbons (Fsp3) is 0.333. The zero-order valence-corrected chi connectivity index (χ0v) is 12.4. The van der Waals surface area contributed by atoms with Crippen molar-refractivity contribution in [2.24, 2.45) is 0 Å². The first-order valence-corrected chi connectivity index (χ1v) is 7.31. The summed E-state index contributed by atoms with van der Waals surface area (Å²) in [4.78, 5) is 0. The van der Waals surface area contributed by atoms with Crippen molar-refractivity contribution in [3.8, 4) is 0 Å². The van der Waals surface area contributed by atoms with Gasteiger partial charge in [-0.05, 0) is 44.0 Å². The third kappa shape index (κ3) is 4.71. The molecule has 0 amide bonds. The van der Waals surface area contributed by atoms with Gasteiger partial charge in [0.1, 0.15) is 0 Å². The minimum absolute atomic E-state index is 0.957. The smallest absolute Gasteiger partial charge is 0.0370 e. The highest BCUT2D eigenvalue weighted by Crippen LogP contribution is 2.15. The molecule has 0 saturated carbocycles. The minimum Gasteiger partial charge on any atom is -0.384 e. The highest BCUT2D eigenvalue weighted by molar-refractivity contribution is 5.51. The Bertz CT molecular complexity index is 520. The largest absolute Gasteiger partial charge is 0.384 e. The topological polar surface area (TPSA) is 24.1 Å². The molecule has 0 aliphatic heterocycles. The molecule has 0 fully saturated rings. The average Bonchev–Trinajstić information content (AvgIpc) is 2.46. The van der Waals surface area contributed by atoms with Gasteiger partial charge in [-0.2, -0.15) is 0 Å². The lowest BCUT2D eigenvalue weighted by atomic mass is 10.1. The molecule has 2 N–H and O–H groups in total. The normalized spacial score (nSPS) is 10.5. The van der Waals surface area contributed by atoms with E-state index in [0.29, 0.717) is 0 Å². The molecular formula is C18H24N2. The molecule has 0 aliphatic carbocycles. The maximum Gasteiger partial charge on any atom is 0.0370 e. The van der Waals surface area contributed by atoms with Crippen LogP contribution in [0.1, 0.15) is 16.7 Å². The Kier molecular flexibility index (Phi) is 5.63. The van der Waals surface area contributed by atoms with Crippen LogP contribution in [-0.2, 0) is 6.42 Å². The molecule has 0 saturated heterocycles. The molecule has 20 heavy (non-hydrogen) atoms. The van der Waals surface area contributed by atoms with Crippen LogP contribution in [-0.4, -0.2) is 19.6 Å². The van der Waals surface area contributed by atoms with E-state index in [2.05, 4.69) is 73.0 Å². The third-order valence-electron chi connectivity index (χ3n) is 3.43. The van der Waals surface area contributed by atoms with Crippen LogP contribution in [0.4, 0.5) is 5.69 Å². The molecule has 0 heterocycles. The summed E-state index contributed by atoms with van der Waals surface area (Å²) in [5.74, 6) is 0. The summed E-state index contributed by atoms with van der Waals surface area (Å²) in [6, 6.07) is 17.1. The fourth-order valence-electron chi connectivity index (χ4n) is 2.30. The second kappa shape index (κ2) is 7.71. The van der Waals surface area contributed by atoms with Gasteiger partial charge in [0.15, 0.2) is 0 Å². The Morgan fingerprint density at radius 2 is 1.65 bits per heavy atom. The van der Waals surface area contributed by atoms with E-state index in [1.54, 1.807) is 0 Å². The van der Waals surface area contributed by atoms with E-state index in [4.69, 9.17) is 0 Å². The van der Waals surface area contributed by atoms with Crippen molar-refractivity contribution in [2.45, 2.75) is 20.3 Å². The van der Waals surface area contributed by atoms with Gasteiger partial charge in [-0.25, -0.2) is 0 Å². The summed E-state index contributed by atoms with van der Waals surface area (Å²) in [7, 11) is 0. The van der Waals surface area contributed by atoms with Gasteiger partial charge < -0.3 is 10.6 Å². The van der Waals surface area contributed by atoms with Crippen LogP contribution in [0, 0.1) is 13.8 Å². The molecule has 0 spiro atoms. The van der Waals surface area contributed by atoms with Gasteiger partial charge >= 0.3 is 0 Å². The van der Waals surface area contributed by atoms with E-state index in [9.17, 15) is 0 Å². The van der Waals surface area contributed by atoms with Gasteiger partial charge in [0.25, 0.3) is 0 Å². The molecule has 2 aromatic carbocycles. The van der Waals surface area contributed by atoms with Gasteiger partial charge in [-0.3, -0.25) is 0 Å². The average molecular weight is 268 g/mol. The molecule has 0 unspecified atom stereocenters. The zero-order chi connectivity index (χ0) is 14.2. The van der Waals surface area contributed by atoms with E-state index in [0.717, 1.165) is 26.1 Å². The van der Waals surface area contributed by atoms with E-state index in [-0.39, 0.29) is 0 Å². The molecule has 2 rings (SSSR count). The molecule has 2 aromatic rings. The first-order chi connectivity index (χ1) is 9.75. The number of nitrogens with one attached hydrogen (secondary N) is 2. The first-order valence-electron chi connectivity index (χ1n) is 7.31. The van der Waals surface area contributed by atoms with Gasteiger partial charge in [0.2, 0.25) is 0 Å². The molecule has 0 radical (unpaired) electrons. The van der Waals surface area contributed by atoms with Gasteiger partial charge in [0.05, 0.1) is 0 Å². The minimum atomic E-state index is 0.957. The summed E-state index contributed by atoms with van der Waals surface area (Å²) in [6.07, 6.45) is 1.09. The van der Waals surface area contributed by atoms with Gasteiger partial charge in [0, 0.05) is 18.8 Å². The Labute approximate surface area is 122 Å². The van der Waals surface area contributed by atoms with Crippen molar-refractivity contribution < 1.29 is 0 Å². The van der Waals surface area contributed by atoms with Crippen LogP contribution in [0.2, 0.25) is 0 Å². The molecule has 106 valence electrons. The van der Waals surface area contributed by atoms with Crippen LogP contribution in [0.3, 0.4) is 0 Å². The third-order valence-corrected chi connectivity index (χ3v) is 3.43. The monoisotopic (exact) mass is 268 g/mol. The predicted molar refractivity (Wildman–Crippen MR) is 87.4 cm³/mol. The van der Waals surface area contributed by atoms with E-state index in [1.807, 2.05) is 0 Å². The maximum atomic E-state index is 3.48. The number of benzene rings is 2. The summed E-state index contributed by atoms with van der Waals surface area (Å²) in [6.45, 7) is 7.25. The summed E-state index contributed by atoms with van der Waals surface area (Å²) >= 11 is 0. The van der Waals surface area contributed by atoms with Gasteiger partial charge in [-0.1, -0.05) is 48.0 Å². The van der Waals surface area contributed by atoms with Crippen molar-refractivity contribution >= 4 is 5.69 Å². The molecule has 0 bridgehead atoms. The van der Waals surface area contributed by atoms with E-state index in [1.165, 1.54) is 22.4 Å². The quantitative estimate of drug-likeness (QED) is 0.750. The Balaban J connectivity index is 1.62. The van der Waals surface area contributed by atoms with Crippen molar-refractivity contribution in [2.75, 3.05) is 25.0 Å². The number of anilines is 1. The second-order valence-electron chi connectivity index (χ2n) is 5.23. The highest BCUT2D eigenvalue weighted by atomic mass is 14.9. The lowest BCUT2D eigenvalue weighted by Gasteiger charge is -2.11. The Hall–Kier alpha value is -1.80. The van der Waals surface area contributed by atoms with Crippen LogP contribution in [0.15, 0.2) is 48.5 Å². The predicted octanol–water partition coefficient (Wildman–Crippen LogP) is 3.55. The van der Waals surface area contributed by atoms with Crippen LogP contribution < -0.4 is 10.6 Å². The molecule has 0 aromatic heterocycles. The van der Waals surface area contributed by atoms with Crippen molar-refractivity contribution in [1.29, 1.82) is 0 Å². The molecular weight excluding hydrogens is 244 g/mol. The fourth-order valence-corrected chi connectivity index (χ4v) is 2.30. The maximum absolute atomic E-state index is 3.48. The number of hydrogen-bond acceptors (Lipinski definition) is 2. The Morgan fingerprint density at radius 1 is 0.850 bits per heavy atom. The van der Waals surface area contributed by atoms with E-state index < -0.39 is 0 Å².